The van der Waals surface area contributed by atoms with Crippen molar-refractivity contribution in [1.29, 1.82) is 0 Å². The second kappa shape index (κ2) is 9.58. The van der Waals surface area contributed by atoms with Crippen LogP contribution in [0.2, 0.25) is 10.0 Å². The van der Waals surface area contributed by atoms with Gasteiger partial charge in [0, 0.05) is 23.6 Å². The summed E-state index contributed by atoms with van der Waals surface area (Å²) in [6, 6.07) is 5.87. The van der Waals surface area contributed by atoms with Crippen LogP contribution in [0.4, 0.5) is 4.79 Å². The van der Waals surface area contributed by atoms with Crippen LogP contribution in [0.3, 0.4) is 0 Å². The molecule has 0 unspecified atom stereocenters. The van der Waals surface area contributed by atoms with E-state index >= 15 is 0 Å². The van der Waals surface area contributed by atoms with Gasteiger partial charge in [-0.25, -0.2) is 9.52 Å². The largest absolute Gasteiger partial charge is 0.334 e. The van der Waals surface area contributed by atoms with Crippen molar-refractivity contribution in [3.63, 3.8) is 0 Å². The zero-order chi connectivity index (χ0) is 23.6. The standard InChI is InChI=1S/C21H22Cl2N6O3S/c1-28-19(8-10-25-28)33(31,32)27-21(30)24-9-7-14-3-2-4-15-12-26-29(20(14)15)13-16-5-6-17(22)11-18(16)23/h5-8,10-12H,2-4,9,13H2,1H3,(H2,24,27,30)/b14-7+. The zero-order valence-electron chi connectivity index (χ0n) is 17.8. The van der Waals surface area contributed by atoms with Gasteiger partial charge >= 0.3 is 6.03 Å². The summed E-state index contributed by atoms with van der Waals surface area (Å²) in [5.74, 6) is 0. The molecule has 0 aliphatic heterocycles. The molecule has 0 spiro atoms. The van der Waals surface area contributed by atoms with Gasteiger partial charge in [0.2, 0.25) is 0 Å². The number of fused-ring (bicyclic) bond motifs is 1. The van der Waals surface area contributed by atoms with Gasteiger partial charge in [0.05, 0.1) is 24.6 Å². The van der Waals surface area contributed by atoms with Gasteiger partial charge in [-0.2, -0.15) is 18.6 Å². The highest BCUT2D eigenvalue weighted by molar-refractivity contribution is 7.90. The molecule has 1 aromatic carbocycles. The zero-order valence-corrected chi connectivity index (χ0v) is 20.1. The van der Waals surface area contributed by atoms with Crippen molar-refractivity contribution < 1.29 is 13.2 Å². The average Bonchev–Trinajstić information content (AvgIpc) is 3.37. The van der Waals surface area contributed by atoms with Crippen LogP contribution in [-0.4, -0.2) is 40.6 Å². The average molecular weight is 509 g/mol. The van der Waals surface area contributed by atoms with Crippen molar-refractivity contribution in [2.75, 3.05) is 6.54 Å². The van der Waals surface area contributed by atoms with Crippen LogP contribution in [0, 0.1) is 0 Å². The number of urea groups is 1. The summed E-state index contributed by atoms with van der Waals surface area (Å²) in [4.78, 5) is 12.2. The molecule has 2 amide bonds. The van der Waals surface area contributed by atoms with Crippen molar-refractivity contribution in [3.8, 4) is 0 Å². The quantitative estimate of drug-likeness (QED) is 0.530. The highest BCUT2D eigenvalue weighted by Gasteiger charge is 2.22. The Bertz CT molecular complexity index is 1330. The lowest BCUT2D eigenvalue weighted by molar-refractivity contribution is 0.247. The van der Waals surface area contributed by atoms with E-state index in [9.17, 15) is 13.2 Å². The van der Waals surface area contributed by atoms with Gasteiger partial charge in [-0.15, -0.1) is 0 Å². The van der Waals surface area contributed by atoms with Crippen LogP contribution < -0.4 is 10.0 Å². The molecule has 4 rings (SSSR count). The first-order chi connectivity index (χ1) is 15.7. The number of nitrogens with one attached hydrogen (secondary N) is 2. The van der Waals surface area contributed by atoms with E-state index in [-0.39, 0.29) is 11.6 Å². The molecule has 0 fully saturated rings. The number of aromatic nitrogens is 4. The molecule has 2 aromatic heterocycles. The number of carbonyl (C=O) groups excluding carboxylic acids is 1. The molecule has 2 heterocycles. The molecular formula is C21H22Cl2N6O3S. The number of hydrogen-bond donors (Lipinski definition) is 2. The third-order valence-electron chi connectivity index (χ3n) is 5.34. The van der Waals surface area contributed by atoms with Gasteiger partial charge < -0.3 is 5.32 Å². The molecule has 174 valence electrons. The lowest BCUT2D eigenvalue weighted by Crippen LogP contribution is -2.40. The molecular weight excluding hydrogens is 487 g/mol. The number of benzene rings is 1. The first kappa shape index (κ1) is 23.3. The second-order valence-electron chi connectivity index (χ2n) is 7.60. The number of aryl methyl sites for hydroxylation is 2. The molecule has 12 heteroatoms. The number of nitrogens with zero attached hydrogens (tertiary/aromatic N) is 4. The molecule has 0 radical (unpaired) electrons. The third kappa shape index (κ3) is 5.23. The van der Waals surface area contributed by atoms with E-state index in [1.54, 1.807) is 12.1 Å². The Balaban J connectivity index is 1.46. The highest BCUT2D eigenvalue weighted by Crippen LogP contribution is 2.31. The maximum absolute atomic E-state index is 12.3. The molecule has 9 nitrogen and oxygen atoms in total. The lowest BCUT2D eigenvalue weighted by atomic mass is 9.92. The topological polar surface area (TPSA) is 111 Å². The van der Waals surface area contributed by atoms with Crippen LogP contribution in [0.25, 0.3) is 5.57 Å². The Morgan fingerprint density at radius 1 is 1.21 bits per heavy atom. The fourth-order valence-electron chi connectivity index (χ4n) is 3.80. The van der Waals surface area contributed by atoms with Crippen molar-refractivity contribution in [2.24, 2.45) is 7.05 Å². The van der Waals surface area contributed by atoms with E-state index in [0.29, 0.717) is 16.6 Å². The van der Waals surface area contributed by atoms with Gasteiger partial charge in [0.1, 0.15) is 0 Å². The summed E-state index contributed by atoms with van der Waals surface area (Å²) < 4.78 is 29.7. The fraction of sp³-hybridized carbons (Fsp3) is 0.286. The van der Waals surface area contributed by atoms with Crippen molar-refractivity contribution >= 4 is 44.8 Å². The van der Waals surface area contributed by atoms with E-state index < -0.39 is 16.1 Å². The van der Waals surface area contributed by atoms with Gasteiger partial charge in [0.15, 0.2) is 5.03 Å². The molecule has 0 saturated carbocycles. The van der Waals surface area contributed by atoms with Crippen LogP contribution in [0.1, 0.15) is 29.7 Å². The smallest absolute Gasteiger partial charge is 0.328 e. The fourth-order valence-corrected chi connectivity index (χ4v) is 5.32. The number of carbonyl (C=O) groups is 1. The van der Waals surface area contributed by atoms with E-state index in [4.69, 9.17) is 23.2 Å². The Kier molecular flexibility index (Phi) is 6.78. The minimum atomic E-state index is -4.01. The summed E-state index contributed by atoms with van der Waals surface area (Å²) in [5, 5.41) is 12.0. The second-order valence-corrected chi connectivity index (χ2v) is 10.1. The Morgan fingerprint density at radius 2 is 2.03 bits per heavy atom. The minimum absolute atomic E-state index is 0.0994. The Labute approximate surface area is 201 Å². The van der Waals surface area contributed by atoms with Gasteiger partial charge in [-0.1, -0.05) is 35.3 Å². The van der Waals surface area contributed by atoms with E-state index in [2.05, 4.69) is 15.5 Å². The number of allylic oxidation sites excluding steroid dienone is 1. The predicted molar refractivity (Wildman–Crippen MR) is 126 cm³/mol. The molecule has 3 aromatic rings. The van der Waals surface area contributed by atoms with E-state index in [1.165, 1.54) is 24.0 Å². The molecule has 33 heavy (non-hydrogen) atoms. The van der Waals surface area contributed by atoms with Crippen molar-refractivity contribution in [3.05, 3.63) is 69.6 Å². The molecule has 0 saturated heterocycles. The lowest BCUT2D eigenvalue weighted by Gasteiger charge is -2.18. The highest BCUT2D eigenvalue weighted by atomic mass is 35.5. The van der Waals surface area contributed by atoms with Crippen LogP contribution in [0.5, 0.6) is 0 Å². The maximum Gasteiger partial charge on any atom is 0.328 e. The van der Waals surface area contributed by atoms with Crippen molar-refractivity contribution in [1.82, 2.24) is 29.6 Å². The maximum atomic E-state index is 12.3. The van der Waals surface area contributed by atoms with Crippen molar-refractivity contribution in [2.45, 2.75) is 30.8 Å². The summed E-state index contributed by atoms with van der Waals surface area (Å²) >= 11 is 12.3. The summed E-state index contributed by atoms with van der Waals surface area (Å²) in [6.07, 6.45) is 7.79. The first-order valence-corrected chi connectivity index (χ1v) is 12.4. The summed E-state index contributed by atoms with van der Waals surface area (Å²) in [7, 11) is -2.52. The summed E-state index contributed by atoms with van der Waals surface area (Å²) in [5.41, 5.74) is 4.06. The molecule has 2 N–H and O–H groups in total. The number of amides is 2. The molecule has 0 bridgehead atoms. The van der Waals surface area contributed by atoms with E-state index in [0.717, 1.165) is 41.7 Å². The first-order valence-electron chi connectivity index (χ1n) is 10.2. The van der Waals surface area contributed by atoms with Crippen LogP contribution in [0.15, 0.2) is 47.8 Å². The minimum Gasteiger partial charge on any atom is -0.334 e. The monoisotopic (exact) mass is 508 g/mol. The molecule has 1 aliphatic rings. The number of rotatable bonds is 6. The number of hydrogen-bond acceptors (Lipinski definition) is 5. The number of halogens is 2. The van der Waals surface area contributed by atoms with Crippen LogP contribution in [-0.2, 0) is 30.0 Å². The van der Waals surface area contributed by atoms with Gasteiger partial charge in [-0.05, 0) is 54.2 Å². The molecule has 0 atom stereocenters. The number of sulfonamides is 1. The van der Waals surface area contributed by atoms with E-state index in [1.807, 2.05) is 27.7 Å². The molecule has 1 aliphatic carbocycles. The SMILES string of the molecule is Cn1nccc1S(=O)(=O)NC(=O)NC/C=C1\CCCc2cnn(Cc3ccc(Cl)cc3Cl)c21. The Hall–Kier alpha value is -2.82. The normalized spacial score (nSPS) is 14.8. The summed E-state index contributed by atoms with van der Waals surface area (Å²) in [6.45, 7) is 0.647. The Morgan fingerprint density at radius 3 is 2.76 bits per heavy atom. The van der Waals surface area contributed by atoms with Gasteiger partial charge in [-0.3, -0.25) is 9.36 Å². The predicted octanol–water partition coefficient (Wildman–Crippen LogP) is 3.38. The van der Waals surface area contributed by atoms with Gasteiger partial charge in [0.25, 0.3) is 10.0 Å². The third-order valence-corrected chi connectivity index (χ3v) is 7.33. The van der Waals surface area contributed by atoms with Crippen LogP contribution >= 0.6 is 23.2 Å².